The van der Waals surface area contributed by atoms with E-state index >= 15 is 0 Å². The predicted octanol–water partition coefficient (Wildman–Crippen LogP) is 3.56. The molecule has 1 unspecified atom stereocenters. The Hall–Kier alpha value is -0.890. The second-order valence-electron chi connectivity index (χ2n) is 6.01. The maximum atomic E-state index is 4.30. The fraction of sp³-hybridized carbons (Fsp3) is 0.688. The van der Waals surface area contributed by atoms with Gasteiger partial charge in [-0.1, -0.05) is 44.6 Å². The number of rotatable bonds is 5. The van der Waals surface area contributed by atoms with Crippen LogP contribution in [-0.4, -0.2) is 12.0 Å². The molecule has 3 rings (SSSR count). The van der Waals surface area contributed by atoms with Crippen molar-refractivity contribution in [3.05, 3.63) is 30.1 Å². The van der Waals surface area contributed by atoms with E-state index in [1.165, 1.54) is 44.1 Å². The molecule has 0 aromatic carbocycles. The van der Waals surface area contributed by atoms with E-state index in [1.54, 1.807) is 0 Å². The second kappa shape index (κ2) is 5.40. The standard InChI is InChI=1S/C16H24N2/c1-17-16(14-9-4-10-18-11-14)15(12-5-2-6-12)13-7-3-8-13/h4,9-13,15-17H,2-3,5-8H2,1H3. The highest BCUT2D eigenvalue weighted by Crippen LogP contribution is 2.49. The topological polar surface area (TPSA) is 24.9 Å². The highest BCUT2D eigenvalue weighted by atomic mass is 14.9. The van der Waals surface area contributed by atoms with Crippen molar-refractivity contribution in [3.8, 4) is 0 Å². The maximum absolute atomic E-state index is 4.30. The summed E-state index contributed by atoms with van der Waals surface area (Å²) in [5.74, 6) is 2.74. The molecule has 2 aliphatic carbocycles. The van der Waals surface area contributed by atoms with Crippen LogP contribution in [0.2, 0.25) is 0 Å². The molecule has 2 fully saturated rings. The lowest BCUT2D eigenvalue weighted by molar-refractivity contribution is 0.0619. The third-order valence-corrected chi connectivity index (χ3v) is 5.13. The molecular weight excluding hydrogens is 220 g/mol. The van der Waals surface area contributed by atoms with Crippen LogP contribution in [0.3, 0.4) is 0 Å². The predicted molar refractivity (Wildman–Crippen MR) is 74.2 cm³/mol. The zero-order valence-electron chi connectivity index (χ0n) is 11.3. The van der Waals surface area contributed by atoms with Crippen molar-refractivity contribution < 1.29 is 0 Å². The normalized spacial score (nSPS) is 22.6. The molecule has 0 spiro atoms. The van der Waals surface area contributed by atoms with Crippen LogP contribution in [0.4, 0.5) is 0 Å². The summed E-state index contributed by atoms with van der Waals surface area (Å²) in [6, 6.07) is 4.81. The third kappa shape index (κ3) is 2.18. The molecule has 18 heavy (non-hydrogen) atoms. The van der Waals surface area contributed by atoms with Gasteiger partial charge in [-0.3, -0.25) is 4.98 Å². The summed E-state index contributed by atoms with van der Waals surface area (Å²) in [5.41, 5.74) is 1.38. The van der Waals surface area contributed by atoms with Gasteiger partial charge in [-0.05, 0) is 36.4 Å². The fourth-order valence-electron chi connectivity index (χ4n) is 3.72. The van der Waals surface area contributed by atoms with Crippen LogP contribution in [0.1, 0.15) is 50.1 Å². The molecule has 1 heterocycles. The Morgan fingerprint density at radius 2 is 1.83 bits per heavy atom. The minimum atomic E-state index is 0.509. The first kappa shape index (κ1) is 12.2. The lowest BCUT2D eigenvalue weighted by Gasteiger charge is -2.46. The van der Waals surface area contributed by atoms with Gasteiger partial charge in [0.1, 0.15) is 0 Å². The highest BCUT2D eigenvalue weighted by molar-refractivity contribution is 5.16. The molecule has 0 radical (unpaired) electrons. The quantitative estimate of drug-likeness (QED) is 0.856. The monoisotopic (exact) mass is 244 g/mol. The molecule has 2 saturated carbocycles. The largest absolute Gasteiger partial charge is 0.313 e. The van der Waals surface area contributed by atoms with E-state index in [9.17, 15) is 0 Å². The van der Waals surface area contributed by atoms with Gasteiger partial charge in [-0.15, -0.1) is 0 Å². The average Bonchev–Trinajstić information content (AvgIpc) is 2.27. The average molecular weight is 244 g/mol. The minimum Gasteiger partial charge on any atom is -0.313 e. The molecule has 2 aliphatic rings. The van der Waals surface area contributed by atoms with Crippen molar-refractivity contribution in [1.29, 1.82) is 0 Å². The molecular formula is C16H24N2. The molecule has 1 atom stereocenters. The number of aromatic nitrogens is 1. The summed E-state index contributed by atoms with van der Waals surface area (Å²) in [6.45, 7) is 0. The van der Waals surface area contributed by atoms with Crippen LogP contribution >= 0.6 is 0 Å². The maximum Gasteiger partial charge on any atom is 0.0366 e. The molecule has 0 amide bonds. The number of hydrogen-bond acceptors (Lipinski definition) is 2. The van der Waals surface area contributed by atoms with Gasteiger partial charge in [0.25, 0.3) is 0 Å². The van der Waals surface area contributed by atoms with E-state index in [0.29, 0.717) is 6.04 Å². The smallest absolute Gasteiger partial charge is 0.0366 e. The van der Waals surface area contributed by atoms with Crippen LogP contribution < -0.4 is 5.32 Å². The Morgan fingerprint density at radius 1 is 1.17 bits per heavy atom. The zero-order valence-corrected chi connectivity index (χ0v) is 11.3. The van der Waals surface area contributed by atoms with E-state index in [1.807, 2.05) is 12.4 Å². The molecule has 0 aliphatic heterocycles. The van der Waals surface area contributed by atoms with Crippen LogP contribution in [0.5, 0.6) is 0 Å². The number of nitrogens with zero attached hydrogens (tertiary/aromatic N) is 1. The van der Waals surface area contributed by atoms with Gasteiger partial charge in [0.2, 0.25) is 0 Å². The van der Waals surface area contributed by atoms with E-state index in [2.05, 4.69) is 29.5 Å². The molecule has 1 aromatic rings. The Kier molecular flexibility index (Phi) is 3.64. The second-order valence-corrected chi connectivity index (χ2v) is 6.01. The molecule has 0 bridgehead atoms. The Morgan fingerprint density at radius 3 is 2.22 bits per heavy atom. The van der Waals surface area contributed by atoms with Crippen LogP contribution in [0.25, 0.3) is 0 Å². The first-order valence-electron chi connectivity index (χ1n) is 7.47. The van der Waals surface area contributed by atoms with Gasteiger partial charge in [-0.25, -0.2) is 0 Å². The van der Waals surface area contributed by atoms with Crippen LogP contribution in [0.15, 0.2) is 24.5 Å². The molecule has 1 aromatic heterocycles. The lowest BCUT2D eigenvalue weighted by Crippen LogP contribution is -2.40. The summed E-state index contributed by atoms with van der Waals surface area (Å²) in [5, 5.41) is 3.58. The number of pyridine rings is 1. The third-order valence-electron chi connectivity index (χ3n) is 5.13. The fourth-order valence-corrected chi connectivity index (χ4v) is 3.72. The van der Waals surface area contributed by atoms with E-state index in [-0.39, 0.29) is 0 Å². The van der Waals surface area contributed by atoms with Crippen molar-refractivity contribution in [2.45, 2.75) is 44.6 Å². The van der Waals surface area contributed by atoms with E-state index in [4.69, 9.17) is 0 Å². The van der Waals surface area contributed by atoms with E-state index < -0.39 is 0 Å². The molecule has 98 valence electrons. The molecule has 2 heteroatoms. The number of nitrogens with one attached hydrogen (secondary N) is 1. The number of hydrogen-bond donors (Lipinski definition) is 1. The lowest BCUT2D eigenvalue weighted by atomic mass is 9.61. The van der Waals surface area contributed by atoms with Gasteiger partial charge >= 0.3 is 0 Å². The van der Waals surface area contributed by atoms with Crippen LogP contribution in [-0.2, 0) is 0 Å². The summed E-state index contributed by atoms with van der Waals surface area (Å²) in [6.07, 6.45) is 12.6. The minimum absolute atomic E-state index is 0.509. The Balaban J connectivity index is 1.82. The zero-order chi connectivity index (χ0) is 12.4. The summed E-state index contributed by atoms with van der Waals surface area (Å²) in [7, 11) is 2.11. The van der Waals surface area contributed by atoms with Gasteiger partial charge in [0.05, 0.1) is 0 Å². The van der Waals surface area contributed by atoms with Gasteiger partial charge in [-0.2, -0.15) is 0 Å². The Labute approximate surface area is 110 Å². The van der Waals surface area contributed by atoms with Crippen molar-refractivity contribution in [2.24, 2.45) is 17.8 Å². The Bertz CT molecular complexity index is 354. The molecule has 0 saturated heterocycles. The highest BCUT2D eigenvalue weighted by Gasteiger charge is 2.40. The summed E-state index contributed by atoms with van der Waals surface area (Å²) >= 11 is 0. The van der Waals surface area contributed by atoms with Crippen molar-refractivity contribution in [3.63, 3.8) is 0 Å². The molecule has 2 nitrogen and oxygen atoms in total. The van der Waals surface area contributed by atoms with Crippen molar-refractivity contribution in [2.75, 3.05) is 7.05 Å². The van der Waals surface area contributed by atoms with Gasteiger partial charge < -0.3 is 5.32 Å². The van der Waals surface area contributed by atoms with Crippen LogP contribution in [0, 0.1) is 17.8 Å². The van der Waals surface area contributed by atoms with Gasteiger partial charge in [0.15, 0.2) is 0 Å². The summed E-state index contributed by atoms with van der Waals surface area (Å²) < 4.78 is 0. The van der Waals surface area contributed by atoms with Gasteiger partial charge in [0, 0.05) is 18.4 Å². The van der Waals surface area contributed by atoms with Crippen molar-refractivity contribution >= 4 is 0 Å². The summed E-state index contributed by atoms with van der Waals surface area (Å²) in [4.78, 5) is 4.30. The first-order valence-corrected chi connectivity index (χ1v) is 7.47. The molecule has 1 N–H and O–H groups in total. The van der Waals surface area contributed by atoms with Crippen molar-refractivity contribution in [1.82, 2.24) is 10.3 Å². The van der Waals surface area contributed by atoms with E-state index in [0.717, 1.165) is 17.8 Å². The SMILES string of the molecule is CNC(c1cccnc1)C(C1CCC1)C1CCC1. The first-order chi connectivity index (χ1) is 8.90.